The van der Waals surface area contributed by atoms with Crippen LogP contribution < -0.4 is 5.56 Å². The number of methoxy groups -OCH3 is 1. The Bertz CT molecular complexity index is 748. The van der Waals surface area contributed by atoms with E-state index < -0.39 is 0 Å². The molecule has 1 N–H and O–H groups in total. The van der Waals surface area contributed by atoms with Crippen LogP contribution in [0.1, 0.15) is 59.2 Å². The van der Waals surface area contributed by atoms with E-state index in [2.05, 4.69) is 21.6 Å². The largest absolute Gasteiger partial charge is 0.465 e. The van der Waals surface area contributed by atoms with Crippen molar-refractivity contribution in [2.75, 3.05) is 7.11 Å². The monoisotopic (exact) mass is 328 g/mol. The van der Waals surface area contributed by atoms with Crippen LogP contribution in [-0.2, 0) is 17.6 Å². The van der Waals surface area contributed by atoms with E-state index >= 15 is 0 Å². The van der Waals surface area contributed by atoms with Crippen molar-refractivity contribution in [2.45, 2.75) is 46.0 Å². The molecular formula is C19H24N2O3. The molecule has 0 radical (unpaired) electrons. The molecule has 0 atom stereocenters. The van der Waals surface area contributed by atoms with Crippen LogP contribution in [0, 0.1) is 6.92 Å². The third-order valence-electron chi connectivity index (χ3n) is 4.04. The van der Waals surface area contributed by atoms with Crippen molar-refractivity contribution < 1.29 is 9.53 Å². The second-order valence-corrected chi connectivity index (χ2v) is 5.90. The van der Waals surface area contributed by atoms with Crippen LogP contribution >= 0.6 is 0 Å². The lowest BCUT2D eigenvalue weighted by Crippen LogP contribution is -2.19. The maximum absolute atomic E-state index is 12.3. The zero-order valence-corrected chi connectivity index (χ0v) is 14.5. The Labute approximate surface area is 142 Å². The molecule has 0 spiro atoms. The van der Waals surface area contributed by atoms with Crippen LogP contribution in [0.25, 0.3) is 0 Å². The summed E-state index contributed by atoms with van der Waals surface area (Å²) in [4.78, 5) is 31.2. The summed E-state index contributed by atoms with van der Waals surface area (Å²) < 4.78 is 4.68. The number of benzene rings is 1. The van der Waals surface area contributed by atoms with E-state index in [1.807, 2.05) is 19.1 Å². The van der Waals surface area contributed by atoms with Gasteiger partial charge in [0.2, 0.25) is 0 Å². The molecule has 0 saturated carbocycles. The van der Waals surface area contributed by atoms with Gasteiger partial charge in [-0.2, -0.15) is 0 Å². The number of hydrogen-bond acceptors (Lipinski definition) is 4. The first kappa shape index (κ1) is 17.9. The van der Waals surface area contributed by atoms with Crippen LogP contribution in [0.5, 0.6) is 0 Å². The molecule has 24 heavy (non-hydrogen) atoms. The predicted octanol–water partition coefficient (Wildman–Crippen LogP) is 3.19. The van der Waals surface area contributed by atoms with Crippen molar-refractivity contribution in [3.05, 3.63) is 62.8 Å². The van der Waals surface area contributed by atoms with Gasteiger partial charge in [-0.1, -0.05) is 31.9 Å². The summed E-state index contributed by atoms with van der Waals surface area (Å²) >= 11 is 0. The van der Waals surface area contributed by atoms with E-state index in [0.29, 0.717) is 17.5 Å². The van der Waals surface area contributed by atoms with Crippen LogP contribution in [0.3, 0.4) is 0 Å². The quantitative estimate of drug-likeness (QED) is 0.626. The number of carbonyl (C=O) groups is 1. The SMILES string of the molecule is CCCCCc1nc(C)c(Cc2ccc(C(=O)OC)cc2)c(=O)[nH]1. The average Bonchev–Trinajstić information content (AvgIpc) is 2.58. The van der Waals surface area contributed by atoms with Crippen LogP contribution in [0.15, 0.2) is 29.1 Å². The predicted molar refractivity (Wildman–Crippen MR) is 93.4 cm³/mol. The number of aryl methyl sites for hydroxylation is 2. The summed E-state index contributed by atoms with van der Waals surface area (Å²) in [6, 6.07) is 7.08. The van der Waals surface area contributed by atoms with Crippen molar-refractivity contribution in [1.82, 2.24) is 9.97 Å². The zero-order valence-electron chi connectivity index (χ0n) is 14.5. The van der Waals surface area contributed by atoms with Crippen LogP contribution in [0.4, 0.5) is 0 Å². The molecule has 5 nitrogen and oxygen atoms in total. The summed E-state index contributed by atoms with van der Waals surface area (Å²) in [6.07, 6.45) is 4.61. The van der Waals surface area contributed by atoms with Crippen molar-refractivity contribution in [1.29, 1.82) is 0 Å². The van der Waals surface area contributed by atoms with Crippen molar-refractivity contribution in [3.8, 4) is 0 Å². The first-order chi connectivity index (χ1) is 11.5. The number of rotatable bonds is 7. The van der Waals surface area contributed by atoms with Gasteiger partial charge >= 0.3 is 5.97 Å². The molecule has 0 aliphatic carbocycles. The molecule has 0 aliphatic heterocycles. The Balaban J connectivity index is 2.14. The average molecular weight is 328 g/mol. The minimum Gasteiger partial charge on any atom is -0.465 e. The van der Waals surface area contributed by atoms with Gasteiger partial charge in [0.15, 0.2) is 0 Å². The fourth-order valence-corrected chi connectivity index (χ4v) is 2.62. The molecule has 0 unspecified atom stereocenters. The topological polar surface area (TPSA) is 72.0 Å². The Kier molecular flexibility index (Phi) is 6.29. The van der Waals surface area contributed by atoms with Gasteiger partial charge in [-0.15, -0.1) is 0 Å². The first-order valence-corrected chi connectivity index (χ1v) is 8.31. The molecule has 0 fully saturated rings. The third-order valence-corrected chi connectivity index (χ3v) is 4.04. The number of ether oxygens (including phenoxy) is 1. The van der Waals surface area contributed by atoms with Crippen molar-refractivity contribution in [2.24, 2.45) is 0 Å². The highest BCUT2D eigenvalue weighted by molar-refractivity contribution is 5.89. The molecule has 1 aromatic carbocycles. The zero-order chi connectivity index (χ0) is 17.5. The number of H-pyrrole nitrogens is 1. The molecule has 5 heteroatoms. The summed E-state index contributed by atoms with van der Waals surface area (Å²) in [5.41, 5.74) is 2.81. The van der Waals surface area contributed by atoms with Gasteiger partial charge < -0.3 is 9.72 Å². The molecular weight excluding hydrogens is 304 g/mol. The third kappa shape index (κ3) is 4.54. The van der Waals surface area contributed by atoms with Gasteiger partial charge in [-0.3, -0.25) is 4.79 Å². The van der Waals surface area contributed by atoms with Gasteiger partial charge in [0.1, 0.15) is 5.82 Å². The number of aromatic amines is 1. The van der Waals surface area contributed by atoms with Crippen LogP contribution in [-0.4, -0.2) is 23.0 Å². The summed E-state index contributed by atoms with van der Waals surface area (Å²) in [5, 5.41) is 0. The fraction of sp³-hybridized carbons (Fsp3) is 0.421. The molecule has 2 aromatic rings. The van der Waals surface area contributed by atoms with E-state index in [0.717, 1.165) is 42.8 Å². The highest BCUT2D eigenvalue weighted by Crippen LogP contribution is 2.12. The molecule has 128 valence electrons. The van der Waals surface area contributed by atoms with E-state index in [4.69, 9.17) is 0 Å². The number of carbonyl (C=O) groups excluding carboxylic acids is 1. The minimum absolute atomic E-state index is 0.0777. The highest BCUT2D eigenvalue weighted by Gasteiger charge is 2.10. The number of nitrogens with one attached hydrogen (secondary N) is 1. The molecule has 2 rings (SSSR count). The molecule has 1 aromatic heterocycles. The normalized spacial score (nSPS) is 10.6. The molecule has 0 bridgehead atoms. The Morgan fingerprint density at radius 2 is 1.92 bits per heavy atom. The van der Waals surface area contributed by atoms with E-state index in [-0.39, 0.29) is 11.5 Å². The Morgan fingerprint density at radius 3 is 2.50 bits per heavy atom. The number of unbranched alkanes of at least 4 members (excludes halogenated alkanes) is 2. The minimum atomic E-state index is -0.367. The van der Waals surface area contributed by atoms with E-state index in [9.17, 15) is 9.59 Å². The smallest absolute Gasteiger partial charge is 0.337 e. The van der Waals surface area contributed by atoms with Gasteiger partial charge in [-0.05, 0) is 31.0 Å². The Morgan fingerprint density at radius 1 is 1.21 bits per heavy atom. The van der Waals surface area contributed by atoms with Gasteiger partial charge in [0.05, 0.1) is 12.7 Å². The molecule has 0 aliphatic rings. The fourth-order valence-electron chi connectivity index (χ4n) is 2.62. The van der Waals surface area contributed by atoms with Gasteiger partial charge in [0, 0.05) is 24.1 Å². The standard InChI is InChI=1S/C19H24N2O3/c1-4-5-6-7-17-20-13(2)16(18(22)21-17)12-14-8-10-15(11-9-14)19(23)24-3/h8-11H,4-7,12H2,1-3H3,(H,20,21,22). The summed E-state index contributed by atoms with van der Waals surface area (Å²) in [6.45, 7) is 4.02. The number of aromatic nitrogens is 2. The number of esters is 1. The maximum Gasteiger partial charge on any atom is 0.337 e. The second kappa shape index (κ2) is 8.43. The molecule has 0 amide bonds. The van der Waals surface area contributed by atoms with Gasteiger partial charge in [-0.25, -0.2) is 9.78 Å². The lowest BCUT2D eigenvalue weighted by molar-refractivity contribution is 0.0600. The first-order valence-electron chi connectivity index (χ1n) is 8.31. The van der Waals surface area contributed by atoms with E-state index in [1.54, 1.807) is 12.1 Å². The maximum atomic E-state index is 12.3. The lowest BCUT2D eigenvalue weighted by Gasteiger charge is -2.08. The van der Waals surface area contributed by atoms with Crippen molar-refractivity contribution >= 4 is 5.97 Å². The summed E-state index contributed by atoms with van der Waals surface area (Å²) in [5.74, 6) is 0.393. The second-order valence-electron chi connectivity index (χ2n) is 5.90. The Hall–Kier alpha value is -2.43. The van der Waals surface area contributed by atoms with Crippen LogP contribution in [0.2, 0.25) is 0 Å². The lowest BCUT2D eigenvalue weighted by atomic mass is 10.0. The summed E-state index contributed by atoms with van der Waals surface area (Å²) in [7, 11) is 1.35. The molecule has 0 saturated heterocycles. The number of nitrogens with zero attached hydrogens (tertiary/aromatic N) is 1. The van der Waals surface area contributed by atoms with Gasteiger partial charge in [0.25, 0.3) is 5.56 Å². The van der Waals surface area contributed by atoms with E-state index in [1.165, 1.54) is 7.11 Å². The molecule has 1 heterocycles. The van der Waals surface area contributed by atoms with Crippen molar-refractivity contribution in [3.63, 3.8) is 0 Å². The highest BCUT2D eigenvalue weighted by atomic mass is 16.5. The number of hydrogen-bond donors (Lipinski definition) is 1.